The number of benzene rings is 1. The number of nitrogens with two attached hydrogens (primary N) is 1. The average Bonchev–Trinajstić information content (AvgIpc) is 2.89. The molecule has 0 bridgehead atoms. The quantitative estimate of drug-likeness (QED) is 0.823. The smallest absolute Gasteiger partial charge is 0.145 e. The van der Waals surface area contributed by atoms with Crippen LogP contribution in [0, 0.1) is 5.82 Å². The summed E-state index contributed by atoms with van der Waals surface area (Å²) in [6.07, 6.45) is 1.79. The van der Waals surface area contributed by atoms with Crippen LogP contribution in [0.2, 0.25) is 5.02 Å². The van der Waals surface area contributed by atoms with Crippen LogP contribution in [0.25, 0.3) is 0 Å². The zero-order valence-corrected chi connectivity index (χ0v) is 8.57. The van der Waals surface area contributed by atoms with Gasteiger partial charge in [-0.25, -0.2) is 4.39 Å². The largest absolute Gasteiger partial charge is 0.495 e. The highest BCUT2D eigenvalue weighted by Gasteiger charge is 2.42. The van der Waals surface area contributed by atoms with Crippen molar-refractivity contribution in [2.45, 2.75) is 18.4 Å². The van der Waals surface area contributed by atoms with Gasteiger partial charge in [-0.3, -0.25) is 0 Å². The van der Waals surface area contributed by atoms with Gasteiger partial charge in [0.25, 0.3) is 0 Å². The van der Waals surface area contributed by atoms with Gasteiger partial charge in [-0.05, 0) is 18.9 Å². The molecule has 0 aromatic heterocycles. The van der Waals surface area contributed by atoms with Crippen molar-refractivity contribution in [3.8, 4) is 5.75 Å². The van der Waals surface area contributed by atoms with E-state index < -0.39 is 5.82 Å². The molecule has 2 nitrogen and oxygen atoms in total. The molecule has 2 N–H and O–H groups in total. The highest BCUT2D eigenvalue weighted by Crippen LogP contribution is 2.48. The summed E-state index contributed by atoms with van der Waals surface area (Å²) >= 11 is 5.78. The normalized spacial score (nSPS) is 18.0. The zero-order valence-electron chi connectivity index (χ0n) is 7.81. The van der Waals surface area contributed by atoms with Crippen LogP contribution in [-0.2, 0) is 5.54 Å². The fraction of sp³-hybridized carbons (Fsp3) is 0.400. The van der Waals surface area contributed by atoms with Crippen molar-refractivity contribution in [1.82, 2.24) is 0 Å². The van der Waals surface area contributed by atoms with Crippen LogP contribution in [0.3, 0.4) is 0 Å². The van der Waals surface area contributed by atoms with E-state index in [9.17, 15) is 4.39 Å². The number of halogens is 2. The molecule has 0 radical (unpaired) electrons. The molecule has 4 heteroatoms. The van der Waals surface area contributed by atoms with E-state index in [1.54, 1.807) is 6.07 Å². The first-order valence-electron chi connectivity index (χ1n) is 4.40. The maximum absolute atomic E-state index is 13.1. The lowest BCUT2D eigenvalue weighted by Gasteiger charge is -2.15. The van der Waals surface area contributed by atoms with E-state index in [2.05, 4.69) is 0 Å². The first-order chi connectivity index (χ1) is 6.58. The van der Waals surface area contributed by atoms with Gasteiger partial charge in [0.05, 0.1) is 7.11 Å². The summed E-state index contributed by atoms with van der Waals surface area (Å²) in [7, 11) is 1.47. The van der Waals surface area contributed by atoms with Crippen LogP contribution in [-0.4, -0.2) is 7.11 Å². The molecule has 0 saturated heterocycles. The Labute approximate surface area is 86.8 Å². The Morgan fingerprint density at radius 3 is 2.64 bits per heavy atom. The average molecular weight is 216 g/mol. The number of ether oxygens (including phenoxy) is 1. The second-order valence-electron chi connectivity index (χ2n) is 3.60. The molecular weight excluding hydrogens is 205 g/mol. The molecule has 0 spiro atoms. The third-order valence-corrected chi connectivity index (χ3v) is 2.93. The van der Waals surface area contributed by atoms with E-state index in [1.807, 2.05) is 0 Å². The fourth-order valence-corrected chi connectivity index (χ4v) is 1.77. The van der Waals surface area contributed by atoms with Gasteiger partial charge in [0.15, 0.2) is 0 Å². The van der Waals surface area contributed by atoms with Crippen molar-refractivity contribution < 1.29 is 9.13 Å². The van der Waals surface area contributed by atoms with E-state index >= 15 is 0 Å². The number of methoxy groups -OCH3 is 1. The Morgan fingerprint density at radius 1 is 1.50 bits per heavy atom. The third-order valence-electron chi connectivity index (χ3n) is 2.58. The van der Waals surface area contributed by atoms with Crippen molar-refractivity contribution in [1.29, 1.82) is 0 Å². The lowest BCUT2D eigenvalue weighted by atomic mass is 10.0. The second-order valence-corrected chi connectivity index (χ2v) is 3.98. The van der Waals surface area contributed by atoms with Crippen LogP contribution in [0.4, 0.5) is 4.39 Å². The van der Waals surface area contributed by atoms with Crippen molar-refractivity contribution in [3.05, 3.63) is 28.5 Å². The molecule has 0 heterocycles. The second kappa shape index (κ2) is 3.11. The monoisotopic (exact) mass is 215 g/mol. The summed E-state index contributed by atoms with van der Waals surface area (Å²) < 4.78 is 18.2. The van der Waals surface area contributed by atoms with Gasteiger partial charge in [-0.1, -0.05) is 17.7 Å². The van der Waals surface area contributed by atoms with Crippen molar-refractivity contribution in [2.75, 3.05) is 7.11 Å². The molecule has 0 amide bonds. The van der Waals surface area contributed by atoms with Crippen LogP contribution < -0.4 is 10.5 Å². The molecule has 14 heavy (non-hydrogen) atoms. The minimum absolute atomic E-state index is 0.0155. The van der Waals surface area contributed by atoms with Crippen LogP contribution in [0.5, 0.6) is 5.75 Å². The Hall–Kier alpha value is -0.800. The van der Waals surface area contributed by atoms with Gasteiger partial charge in [0.1, 0.15) is 16.6 Å². The van der Waals surface area contributed by atoms with Crippen molar-refractivity contribution in [2.24, 2.45) is 5.73 Å². The summed E-state index contributed by atoms with van der Waals surface area (Å²) in [5, 5.41) is 0.0155. The number of hydrogen-bond acceptors (Lipinski definition) is 2. The molecule has 1 aromatic carbocycles. The molecule has 0 atom stereocenters. The summed E-state index contributed by atoms with van der Waals surface area (Å²) in [6, 6.07) is 2.97. The standard InChI is InChI=1S/C10H11ClFNO/c1-14-9-6(10(13)4-5-10)2-3-7(12)8(9)11/h2-3H,4-5,13H2,1H3. The Balaban J connectivity index is 2.55. The van der Waals surface area contributed by atoms with Crippen molar-refractivity contribution >= 4 is 11.6 Å². The summed E-state index contributed by atoms with van der Waals surface area (Å²) in [6.45, 7) is 0. The van der Waals surface area contributed by atoms with Gasteiger partial charge in [-0.15, -0.1) is 0 Å². The molecule has 2 rings (SSSR count). The highest BCUT2D eigenvalue weighted by molar-refractivity contribution is 6.32. The number of hydrogen-bond donors (Lipinski definition) is 1. The molecule has 1 aliphatic carbocycles. The number of rotatable bonds is 2. The minimum Gasteiger partial charge on any atom is -0.495 e. The molecule has 0 aliphatic heterocycles. The van der Waals surface area contributed by atoms with E-state index in [0.717, 1.165) is 18.4 Å². The molecule has 1 aliphatic rings. The fourth-order valence-electron chi connectivity index (χ4n) is 1.53. The Bertz CT molecular complexity index is 377. The first-order valence-corrected chi connectivity index (χ1v) is 4.77. The molecule has 1 saturated carbocycles. The first kappa shape index (κ1) is 9.74. The van der Waals surface area contributed by atoms with E-state index in [4.69, 9.17) is 22.1 Å². The van der Waals surface area contributed by atoms with E-state index in [1.165, 1.54) is 13.2 Å². The topological polar surface area (TPSA) is 35.2 Å². The Morgan fingerprint density at radius 2 is 2.14 bits per heavy atom. The summed E-state index contributed by atoms with van der Waals surface area (Å²) in [4.78, 5) is 0. The van der Waals surface area contributed by atoms with Gasteiger partial charge >= 0.3 is 0 Å². The van der Waals surface area contributed by atoms with Gasteiger partial charge in [0.2, 0.25) is 0 Å². The molecule has 1 aromatic rings. The van der Waals surface area contributed by atoms with Crippen LogP contribution >= 0.6 is 11.6 Å². The lowest BCUT2D eigenvalue weighted by molar-refractivity contribution is 0.401. The van der Waals surface area contributed by atoms with Gasteiger partial charge in [0, 0.05) is 11.1 Å². The molecule has 0 unspecified atom stereocenters. The zero-order chi connectivity index (χ0) is 10.3. The third kappa shape index (κ3) is 1.37. The van der Waals surface area contributed by atoms with Crippen molar-refractivity contribution in [3.63, 3.8) is 0 Å². The van der Waals surface area contributed by atoms with Crippen LogP contribution in [0.15, 0.2) is 12.1 Å². The maximum atomic E-state index is 13.1. The van der Waals surface area contributed by atoms with Gasteiger partial charge in [-0.2, -0.15) is 0 Å². The van der Waals surface area contributed by atoms with Crippen LogP contribution in [0.1, 0.15) is 18.4 Å². The highest BCUT2D eigenvalue weighted by atomic mass is 35.5. The predicted octanol–water partition coefficient (Wildman–Crippen LogP) is 2.44. The molecule has 76 valence electrons. The summed E-state index contributed by atoms with van der Waals surface area (Å²) in [5.41, 5.74) is 6.44. The predicted molar refractivity (Wildman–Crippen MR) is 53.1 cm³/mol. The maximum Gasteiger partial charge on any atom is 0.145 e. The minimum atomic E-state index is -0.475. The molecule has 1 fully saturated rings. The lowest BCUT2D eigenvalue weighted by Crippen LogP contribution is -2.19. The SMILES string of the molecule is COc1c(C2(N)CC2)ccc(F)c1Cl. The van der Waals surface area contributed by atoms with E-state index in [-0.39, 0.29) is 10.6 Å². The molecular formula is C10H11ClFNO. The van der Waals surface area contributed by atoms with E-state index in [0.29, 0.717) is 5.75 Å². The summed E-state index contributed by atoms with van der Waals surface area (Å²) in [5.74, 6) is -0.108. The Kier molecular flexibility index (Phi) is 2.16. The van der Waals surface area contributed by atoms with Gasteiger partial charge < -0.3 is 10.5 Å².